The third kappa shape index (κ3) is 3.23. The molecule has 3 rings (SSSR count). The highest BCUT2D eigenvalue weighted by molar-refractivity contribution is 5.75. The summed E-state index contributed by atoms with van der Waals surface area (Å²) in [5, 5.41) is 19.9. The lowest BCUT2D eigenvalue weighted by molar-refractivity contribution is -0.104. The van der Waals surface area contributed by atoms with E-state index in [1.807, 2.05) is 6.07 Å². The first-order valence-corrected chi connectivity index (χ1v) is 8.10. The van der Waals surface area contributed by atoms with Gasteiger partial charge in [0, 0.05) is 17.2 Å². The number of hydrogen-bond donors (Lipinski definition) is 2. The van der Waals surface area contributed by atoms with Gasteiger partial charge in [-0.1, -0.05) is 6.08 Å². The number of phenols is 1. The lowest BCUT2D eigenvalue weighted by atomic mass is 9.90. The average molecular weight is 356 g/mol. The number of phenolic OH excluding ortho intramolecular Hbond substituents is 1. The SMILES string of the molecule is COc1cc(O)cc(C2Oc3c(OC)cc(C=CC=O)cc3C2CO)c1. The van der Waals surface area contributed by atoms with Crippen molar-refractivity contribution >= 4 is 12.4 Å². The van der Waals surface area contributed by atoms with Crippen molar-refractivity contribution in [3.63, 3.8) is 0 Å². The second-order valence-corrected chi connectivity index (χ2v) is 5.93. The molecular formula is C20H20O6. The van der Waals surface area contributed by atoms with Crippen LogP contribution in [0.25, 0.3) is 6.08 Å². The van der Waals surface area contributed by atoms with Crippen molar-refractivity contribution in [2.75, 3.05) is 20.8 Å². The van der Waals surface area contributed by atoms with Crippen molar-refractivity contribution in [1.29, 1.82) is 0 Å². The number of carbonyl (C=O) groups excluding carboxylic acids is 1. The molecule has 0 saturated carbocycles. The molecule has 0 saturated heterocycles. The number of aliphatic hydroxyl groups is 1. The molecule has 1 aliphatic rings. The topological polar surface area (TPSA) is 85.2 Å². The zero-order valence-corrected chi connectivity index (χ0v) is 14.5. The van der Waals surface area contributed by atoms with Crippen LogP contribution in [-0.2, 0) is 4.79 Å². The highest BCUT2D eigenvalue weighted by Gasteiger charge is 2.38. The highest BCUT2D eigenvalue weighted by Crippen LogP contribution is 2.51. The van der Waals surface area contributed by atoms with Crippen LogP contribution >= 0.6 is 0 Å². The van der Waals surface area contributed by atoms with E-state index in [4.69, 9.17) is 14.2 Å². The summed E-state index contributed by atoms with van der Waals surface area (Å²) in [6.45, 7) is -0.153. The van der Waals surface area contributed by atoms with Crippen molar-refractivity contribution in [2.24, 2.45) is 0 Å². The Morgan fingerprint density at radius 1 is 1.15 bits per heavy atom. The van der Waals surface area contributed by atoms with Gasteiger partial charge in [-0.05, 0) is 35.9 Å². The molecule has 2 aromatic carbocycles. The van der Waals surface area contributed by atoms with Crippen LogP contribution in [0.3, 0.4) is 0 Å². The molecule has 136 valence electrons. The molecule has 1 aliphatic heterocycles. The Balaban J connectivity index is 2.07. The Morgan fingerprint density at radius 2 is 1.96 bits per heavy atom. The van der Waals surface area contributed by atoms with Crippen LogP contribution in [0.1, 0.15) is 28.7 Å². The molecule has 0 spiro atoms. The van der Waals surface area contributed by atoms with Gasteiger partial charge >= 0.3 is 0 Å². The highest BCUT2D eigenvalue weighted by atomic mass is 16.5. The summed E-state index contributed by atoms with van der Waals surface area (Å²) >= 11 is 0. The second-order valence-electron chi connectivity index (χ2n) is 5.93. The standard InChI is InChI=1S/C20H20O6/c1-24-15-9-13(8-14(23)10-15)19-17(11-22)16-6-12(4-3-5-21)7-18(25-2)20(16)26-19/h3-10,17,19,22-23H,11H2,1-2H3. The van der Waals surface area contributed by atoms with Crippen molar-refractivity contribution in [1.82, 2.24) is 0 Å². The van der Waals surface area contributed by atoms with Gasteiger partial charge in [-0.15, -0.1) is 0 Å². The summed E-state index contributed by atoms with van der Waals surface area (Å²) in [5.41, 5.74) is 2.23. The van der Waals surface area contributed by atoms with Crippen molar-refractivity contribution in [2.45, 2.75) is 12.0 Å². The number of allylic oxidation sites excluding steroid dienone is 1. The molecule has 0 aliphatic carbocycles. The molecule has 2 aromatic rings. The molecule has 6 heteroatoms. The van der Waals surface area contributed by atoms with E-state index in [1.54, 1.807) is 24.3 Å². The summed E-state index contributed by atoms with van der Waals surface area (Å²) in [6.07, 6.45) is 3.24. The maximum atomic E-state index is 10.6. The molecule has 0 aromatic heterocycles. The van der Waals surface area contributed by atoms with Gasteiger partial charge in [-0.25, -0.2) is 0 Å². The third-order valence-corrected chi connectivity index (χ3v) is 4.38. The molecule has 0 bridgehead atoms. The van der Waals surface area contributed by atoms with Crippen LogP contribution in [0.15, 0.2) is 36.4 Å². The Bertz CT molecular complexity index is 842. The number of aliphatic hydroxyl groups excluding tert-OH is 1. The Labute approximate surface area is 151 Å². The van der Waals surface area contributed by atoms with E-state index in [0.717, 1.165) is 11.1 Å². The van der Waals surface area contributed by atoms with Crippen molar-refractivity contribution in [3.8, 4) is 23.0 Å². The van der Waals surface area contributed by atoms with E-state index in [1.165, 1.54) is 26.4 Å². The van der Waals surface area contributed by atoms with Gasteiger partial charge in [0.2, 0.25) is 0 Å². The van der Waals surface area contributed by atoms with Gasteiger partial charge in [0.05, 0.1) is 26.7 Å². The van der Waals surface area contributed by atoms with E-state index >= 15 is 0 Å². The predicted molar refractivity (Wildman–Crippen MR) is 95.9 cm³/mol. The maximum absolute atomic E-state index is 10.6. The smallest absolute Gasteiger partial charge is 0.165 e. The van der Waals surface area contributed by atoms with Gasteiger partial charge in [-0.3, -0.25) is 4.79 Å². The van der Waals surface area contributed by atoms with E-state index in [9.17, 15) is 15.0 Å². The number of carbonyl (C=O) groups is 1. The second kappa shape index (κ2) is 7.49. The number of aromatic hydroxyl groups is 1. The zero-order chi connectivity index (χ0) is 18.7. The van der Waals surface area contributed by atoms with Gasteiger partial charge in [0.1, 0.15) is 23.9 Å². The monoisotopic (exact) mass is 356 g/mol. The van der Waals surface area contributed by atoms with E-state index in [2.05, 4.69) is 0 Å². The fourth-order valence-corrected chi connectivity index (χ4v) is 3.20. The summed E-state index contributed by atoms with van der Waals surface area (Å²) in [4.78, 5) is 10.6. The number of methoxy groups -OCH3 is 2. The van der Waals surface area contributed by atoms with Crippen molar-refractivity contribution < 1.29 is 29.2 Å². The number of hydrogen-bond acceptors (Lipinski definition) is 6. The quantitative estimate of drug-likeness (QED) is 0.612. The van der Waals surface area contributed by atoms with Gasteiger partial charge in [0.15, 0.2) is 11.5 Å². The van der Waals surface area contributed by atoms with Crippen LogP contribution in [0.2, 0.25) is 0 Å². The number of ether oxygens (including phenoxy) is 3. The lowest BCUT2D eigenvalue weighted by Gasteiger charge is -2.18. The zero-order valence-electron chi connectivity index (χ0n) is 14.5. The molecule has 1 heterocycles. The molecule has 26 heavy (non-hydrogen) atoms. The molecule has 2 atom stereocenters. The first-order chi connectivity index (χ1) is 12.6. The number of fused-ring (bicyclic) bond motifs is 1. The summed E-state index contributed by atoms with van der Waals surface area (Å²) in [6, 6.07) is 8.47. The first kappa shape index (κ1) is 17.8. The fraction of sp³-hybridized carbons (Fsp3) is 0.250. The summed E-state index contributed by atoms with van der Waals surface area (Å²) in [5.74, 6) is 1.26. The molecule has 2 N–H and O–H groups in total. The molecule has 0 fully saturated rings. The Morgan fingerprint density at radius 3 is 2.62 bits per heavy atom. The van der Waals surface area contributed by atoms with Gasteiger partial charge in [-0.2, -0.15) is 0 Å². The Kier molecular flexibility index (Phi) is 5.14. The number of benzene rings is 2. The van der Waals surface area contributed by atoms with Crippen LogP contribution in [0, 0.1) is 0 Å². The van der Waals surface area contributed by atoms with Crippen LogP contribution in [0.5, 0.6) is 23.0 Å². The largest absolute Gasteiger partial charge is 0.508 e. The minimum atomic E-state index is -0.504. The summed E-state index contributed by atoms with van der Waals surface area (Å²) < 4.78 is 16.7. The lowest BCUT2D eigenvalue weighted by Crippen LogP contribution is -2.13. The number of aldehydes is 1. The van der Waals surface area contributed by atoms with E-state index < -0.39 is 6.10 Å². The van der Waals surface area contributed by atoms with Crippen LogP contribution < -0.4 is 14.2 Å². The predicted octanol–water partition coefficient (Wildman–Crippen LogP) is 2.83. The Hall–Kier alpha value is -2.99. The average Bonchev–Trinajstić information content (AvgIpc) is 3.03. The normalized spacial score (nSPS) is 18.4. The minimum absolute atomic E-state index is 0.0529. The first-order valence-electron chi connectivity index (χ1n) is 8.10. The van der Waals surface area contributed by atoms with Crippen molar-refractivity contribution in [3.05, 3.63) is 53.1 Å². The van der Waals surface area contributed by atoms with Gasteiger partial charge in [0.25, 0.3) is 0 Å². The maximum Gasteiger partial charge on any atom is 0.165 e. The molecular weight excluding hydrogens is 336 g/mol. The fourth-order valence-electron chi connectivity index (χ4n) is 3.20. The molecule has 0 amide bonds. The molecule has 2 unspecified atom stereocenters. The van der Waals surface area contributed by atoms with E-state index in [-0.39, 0.29) is 18.3 Å². The minimum Gasteiger partial charge on any atom is -0.508 e. The van der Waals surface area contributed by atoms with Gasteiger partial charge < -0.3 is 24.4 Å². The number of rotatable bonds is 6. The van der Waals surface area contributed by atoms with E-state index in [0.29, 0.717) is 29.1 Å². The summed E-state index contributed by atoms with van der Waals surface area (Å²) in [7, 11) is 3.05. The third-order valence-electron chi connectivity index (χ3n) is 4.38. The van der Waals surface area contributed by atoms with Crippen LogP contribution in [-0.4, -0.2) is 37.3 Å². The molecule has 0 radical (unpaired) electrons. The molecule has 6 nitrogen and oxygen atoms in total. The van der Waals surface area contributed by atoms with Crippen LogP contribution in [0.4, 0.5) is 0 Å².